The van der Waals surface area contributed by atoms with E-state index in [1.165, 1.54) is 11.2 Å². The van der Waals surface area contributed by atoms with Gasteiger partial charge in [0.05, 0.1) is 16.8 Å². The van der Waals surface area contributed by atoms with Gasteiger partial charge in [-0.15, -0.1) is 11.3 Å². The summed E-state index contributed by atoms with van der Waals surface area (Å²) in [5.74, 6) is 0.335. The van der Waals surface area contributed by atoms with Gasteiger partial charge in [-0.3, -0.25) is 14.5 Å². The molecule has 178 valence electrons. The zero-order valence-electron chi connectivity index (χ0n) is 19.1. The Morgan fingerprint density at radius 2 is 2.06 bits per heavy atom. The molecule has 2 aliphatic rings. The minimum absolute atomic E-state index is 0.0971. The van der Waals surface area contributed by atoms with Crippen molar-refractivity contribution in [2.45, 2.75) is 51.8 Å². The van der Waals surface area contributed by atoms with Crippen molar-refractivity contribution in [3.05, 3.63) is 33.7 Å². The summed E-state index contributed by atoms with van der Waals surface area (Å²) in [6.07, 6.45) is 3.29. The first-order chi connectivity index (χ1) is 15.9. The van der Waals surface area contributed by atoms with E-state index >= 15 is 0 Å². The monoisotopic (exact) mass is 473 g/mol. The normalized spacial score (nSPS) is 18.0. The van der Waals surface area contributed by atoms with E-state index < -0.39 is 6.10 Å². The van der Waals surface area contributed by atoms with Crippen molar-refractivity contribution < 1.29 is 14.7 Å². The molecule has 2 aromatic rings. The molecule has 2 amide bonds. The van der Waals surface area contributed by atoms with Crippen LogP contribution in [0.1, 0.15) is 45.8 Å². The Morgan fingerprint density at radius 3 is 2.82 bits per heavy atom. The highest BCUT2D eigenvalue weighted by atomic mass is 32.1. The Balaban J connectivity index is 1.23. The number of nitrogens with one attached hydrogen (secondary N) is 2. The third kappa shape index (κ3) is 6.24. The van der Waals surface area contributed by atoms with E-state index in [4.69, 9.17) is 0 Å². The average molecular weight is 474 g/mol. The van der Waals surface area contributed by atoms with Crippen LogP contribution in [0.5, 0.6) is 0 Å². The minimum Gasteiger partial charge on any atom is -0.390 e. The molecule has 0 unspecified atom stereocenters. The fraction of sp³-hybridized carbons (Fsp3) is 0.591. The van der Waals surface area contributed by atoms with Crippen LogP contribution in [0.2, 0.25) is 0 Å². The molecule has 11 heteroatoms. The maximum atomic E-state index is 12.6. The van der Waals surface area contributed by atoms with Crippen molar-refractivity contribution in [1.29, 1.82) is 0 Å². The lowest BCUT2D eigenvalue weighted by Gasteiger charge is -2.31. The van der Waals surface area contributed by atoms with E-state index in [9.17, 15) is 14.7 Å². The highest BCUT2D eigenvalue weighted by Gasteiger charge is 2.23. The van der Waals surface area contributed by atoms with Gasteiger partial charge in [0.25, 0.3) is 5.91 Å². The molecule has 1 atom stereocenters. The second kappa shape index (κ2) is 10.5. The summed E-state index contributed by atoms with van der Waals surface area (Å²) in [5.41, 5.74) is 1.36. The van der Waals surface area contributed by atoms with Crippen LogP contribution in [0.4, 0.5) is 5.82 Å². The number of aliphatic hydroxyl groups excluding tert-OH is 1. The van der Waals surface area contributed by atoms with E-state index in [0.29, 0.717) is 25.5 Å². The number of carbonyl (C=O) groups is 2. The van der Waals surface area contributed by atoms with Gasteiger partial charge >= 0.3 is 0 Å². The van der Waals surface area contributed by atoms with E-state index in [-0.39, 0.29) is 30.1 Å². The molecule has 0 spiro atoms. The molecular formula is C22H31N7O3S. The molecule has 1 saturated heterocycles. The number of β-amino-alcohol motifs (C(OH)–C–C–N with tert-alkyl or cyclic N) is 1. The molecule has 10 nitrogen and oxygen atoms in total. The number of hydrogen-bond donors (Lipinski definition) is 3. The number of amides is 2. The fourth-order valence-corrected chi connectivity index (χ4v) is 5.24. The number of carbonyl (C=O) groups excluding carboxylic acids is 2. The van der Waals surface area contributed by atoms with Crippen LogP contribution in [0.15, 0.2) is 12.4 Å². The van der Waals surface area contributed by atoms with Gasteiger partial charge in [-0.2, -0.15) is 0 Å². The van der Waals surface area contributed by atoms with Crippen molar-refractivity contribution in [2.24, 2.45) is 0 Å². The van der Waals surface area contributed by atoms with Crippen molar-refractivity contribution in [1.82, 2.24) is 30.1 Å². The van der Waals surface area contributed by atoms with Gasteiger partial charge in [-0.05, 0) is 26.2 Å². The van der Waals surface area contributed by atoms with Gasteiger partial charge in [-0.25, -0.2) is 15.0 Å². The number of piperidine rings is 1. The van der Waals surface area contributed by atoms with E-state index in [2.05, 4.69) is 30.5 Å². The Kier molecular flexibility index (Phi) is 7.51. The van der Waals surface area contributed by atoms with Crippen LogP contribution in [-0.4, -0.2) is 86.5 Å². The number of fused-ring (bicyclic) bond motifs is 1. The number of rotatable bonds is 7. The molecule has 33 heavy (non-hydrogen) atoms. The van der Waals surface area contributed by atoms with E-state index in [0.717, 1.165) is 43.1 Å². The fourth-order valence-electron chi connectivity index (χ4n) is 4.31. The average Bonchev–Trinajstić information content (AvgIpc) is 3.17. The molecule has 0 radical (unpaired) electrons. The van der Waals surface area contributed by atoms with Gasteiger partial charge in [0.2, 0.25) is 5.91 Å². The van der Waals surface area contributed by atoms with Gasteiger partial charge in [0.1, 0.15) is 17.8 Å². The predicted octanol–water partition coefficient (Wildman–Crippen LogP) is 0.813. The Labute approximate surface area is 197 Å². The second-order valence-electron chi connectivity index (χ2n) is 8.66. The van der Waals surface area contributed by atoms with Crippen molar-refractivity contribution >= 4 is 29.0 Å². The quantitative estimate of drug-likeness (QED) is 0.540. The van der Waals surface area contributed by atoms with Gasteiger partial charge in [-0.1, -0.05) is 0 Å². The molecular weight excluding hydrogens is 442 g/mol. The molecule has 2 aromatic heterocycles. The lowest BCUT2D eigenvalue weighted by Crippen LogP contribution is -2.42. The number of aliphatic hydroxyl groups is 1. The van der Waals surface area contributed by atoms with Gasteiger partial charge in [0.15, 0.2) is 0 Å². The number of aromatic nitrogens is 3. The van der Waals surface area contributed by atoms with Crippen LogP contribution < -0.4 is 10.6 Å². The molecule has 4 heterocycles. The molecule has 4 rings (SSSR count). The van der Waals surface area contributed by atoms with Crippen LogP contribution in [0.3, 0.4) is 0 Å². The van der Waals surface area contributed by atoms with Crippen LogP contribution in [0, 0.1) is 6.92 Å². The standard InChI is InChI=1S/C22H31N7O3S/c1-14-26-19-12-28(6-5-20(19)33-14)11-17(31)10-23-22(32)18-9-21(25-13-24-18)27-16-3-7-29(8-4-16)15(2)30/h9,13,16-17,31H,3-8,10-12H2,1-2H3,(H,23,32)(H,24,25,27)/t17-/m0/s1. The lowest BCUT2D eigenvalue weighted by atomic mass is 10.1. The van der Waals surface area contributed by atoms with E-state index in [1.807, 2.05) is 11.8 Å². The third-order valence-corrected chi connectivity index (χ3v) is 7.15. The molecule has 2 aliphatic heterocycles. The summed E-state index contributed by atoms with van der Waals surface area (Å²) >= 11 is 1.75. The Hall–Kier alpha value is -2.63. The van der Waals surface area contributed by atoms with Gasteiger partial charge in [0, 0.05) is 63.2 Å². The molecule has 3 N–H and O–H groups in total. The molecule has 0 saturated carbocycles. The summed E-state index contributed by atoms with van der Waals surface area (Å²) in [6.45, 7) is 7.27. The van der Waals surface area contributed by atoms with Crippen LogP contribution >= 0.6 is 11.3 Å². The highest BCUT2D eigenvalue weighted by molar-refractivity contribution is 7.11. The predicted molar refractivity (Wildman–Crippen MR) is 125 cm³/mol. The summed E-state index contributed by atoms with van der Waals surface area (Å²) in [7, 11) is 0. The van der Waals surface area contributed by atoms with Crippen molar-refractivity contribution in [2.75, 3.05) is 38.0 Å². The number of likely N-dealkylation sites (tertiary alicyclic amines) is 1. The summed E-state index contributed by atoms with van der Waals surface area (Å²) < 4.78 is 0. The lowest BCUT2D eigenvalue weighted by molar-refractivity contribution is -0.129. The summed E-state index contributed by atoms with van der Waals surface area (Å²) in [4.78, 5) is 42.2. The van der Waals surface area contributed by atoms with Crippen molar-refractivity contribution in [3.8, 4) is 0 Å². The first-order valence-corrected chi connectivity index (χ1v) is 12.2. The summed E-state index contributed by atoms with van der Waals surface area (Å²) in [6, 6.07) is 1.82. The Bertz CT molecular complexity index is 990. The largest absolute Gasteiger partial charge is 0.390 e. The molecule has 1 fully saturated rings. The van der Waals surface area contributed by atoms with E-state index in [1.54, 1.807) is 24.3 Å². The minimum atomic E-state index is -0.680. The maximum Gasteiger partial charge on any atom is 0.270 e. The first-order valence-electron chi connectivity index (χ1n) is 11.3. The number of aryl methyl sites for hydroxylation is 1. The third-order valence-electron chi connectivity index (χ3n) is 6.07. The number of thiazole rings is 1. The number of hydrogen-bond acceptors (Lipinski definition) is 9. The second-order valence-corrected chi connectivity index (χ2v) is 9.95. The van der Waals surface area contributed by atoms with Crippen molar-refractivity contribution in [3.63, 3.8) is 0 Å². The maximum absolute atomic E-state index is 12.6. The molecule has 0 bridgehead atoms. The van der Waals surface area contributed by atoms with Gasteiger partial charge < -0.3 is 20.6 Å². The zero-order valence-corrected chi connectivity index (χ0v) is 19.9. The SMILES string of the molecule is CC(=O)N1CCC(Nc2cc(C(=O)NC[C@H](O)CN3CCc4sc(C)nc4C3)ncn2)CC1. The summed E-state index contributed by atoms with van der Waals surface area (Å²) in [5, 5.41) is 17.6. The topological polar surface area (TPSA) is 124 Å². The smallest absolute Gasteiger partial charge is 0.270 e. The number of anilines is 1. The molecule has 0 aliphatic carbocycles. The highest BCUT2D eigenvalue weighted by Crippen LogP contribution is 2.24. The Morgan fingerprint density at radius 1 is 1.27 bits per heavy atom. The van der Waals surface area contributed by atoms with Crippen LogP contribution in [0.25, 0.3) is 0 Å². The number of nitrogens with zero attached hydrogens (tertiary/aromatic N) is 5. The zero-order chi connectivity index (χ0) is 23.4. The molecule has 0 aromatic carbocycles. The van der Waals surface area contributed by atoms with Crippen LogP contribution in [-0.2, 0) is 17.8 Å². The first kappa shape index (κ1) is 23.5.